The largest absolute Gasteiger partial charge is 0.511 e. The van der Waals surface area contributed by atoms with E-state index in [4.69, 9.17) is 0 Å². The molecule has 6 atom stereocenters. The van der Waals surface area contributed by atoms with Crippen molar-refractivity contribution in [1.82, 2.24) is 0 Å². The maximum atomic E-state index is 14.2. The molecule has 1 aromatic carbocycles. The summed E-state index contributed by atoms with van der Waals surface area (Å²) in [7, 11) is 0. The van der Waals surface area contributed by atoms with E-state index in [1.807, 2.05) is 6.08 Å². The third kappa shape index (κ3) is 3.04. The SMILES string of the molecule is CC(=O)C1=C(O)C(C(C)C)[C@@]2(C)[C@H](O)[C@]3(C)C(=C(O)[C@@]2(O)C1=O)C(=O)c1c(ccc(C=C2CCC2)c1O)[C@H]3C. The van der Waals surface area contributed by atoms with E-state index in [0.29, 0.717) is 11.1 Å². The van der Waals surface area contributed by atoms with Crippen molar-refractivity contribution in [3.8, 4) is 5.75 Å². The fraction of sp³-hybridized carbons (Fsp3) is 0.516. The van der Waals surface area contributed by atoms with Crippen LogP contribution in [0.25, 0.3) is 6.08 Å². The number of carbonyl (C=O) groups is 3. The Balaban J connectivity index is 1.84. The normalized spacial score (nSPS) is 35.9. The average molecular weight is 537 g/mol. The third-order valence-corrected chi connectivity index (χ3v) is 10.2. The molecule has 0 bridgehead atoms. The van der Waals surface area contributed by atoms with Crippen molar-refractivity contribution in [2.75, 3.05) is 0 Å². The molecule has 0 aromatic heterocycles. The van der Waals surface area contributed by atoms with Gasteiger partial charge in [-0.05, 0) is 43.6 Å². The summed E-state index contributed by atoms with van der Waals surface area (Å²) < 4.78 is 0. The van der Waals surface area contributed by atoms with Crippen LogP contribution < -0.4 is 0 Å². The Labute approximate surface area is 227 Å². The first kappa shape index (κ1) is 27.3. The van der Waals surface area contributed by atoms with E-state index in [1.165, 1.54) is 6.92 Å². The van der Waals surface area contributed by atoms with E-state index in [-0.39, 0.29) is 16.9 Å². The molecule has 5 rings (SSSR count). The van der Waals surface area contributed by atoms with Gasteiger partial charge in [-0.15, -0.1) is 0 Å². The highest BCUT2D eigenvalue weighted by molar-refractivity contribution is 6.25. The Morgan fingerprint density at radius 3 is 2.23 bits per heavy atom. The molecule has 0 radical (unpaired) electrons. The van der Waals surface area contributed by atoms with Gasteiger partial charge < -0.3 is 25.5 Å². The van der Waals surface area contributed by atoms with Crippen molar-refractivity contribution in [3.63, 3.8) is 0 Å². The van der Waals surface area contributed by atoms with Crippen LogP contribution in [0, 0.1) is 22.7 Å². The molecule has 8 nitrogen and oxygen atoms in total. The number of carbonyl (C=O) groups excluding carboxylic acids is 3. The van der Waals surface area contributed by atoms with Crippen LogP contribution in [0.3, 0.4) is 0 Å². The van der Waals surface area contributed by atoms with Crippen LogP contribution in [0.1, 0.15) is 88.2 Å². The van der Waals surface area contributed by atoms with Crippen molar-refractivity contribution in [3.05, 3.63) is 57.1 Å². The zero-order chi connectivity index (χ0) is 29.0. The molecular weight excluding hydrogens is 500 g/mol. The van der Waals surface area contributed by atoms with Gasteiger partial charge in [0, 0.05) is 22.3 Å². The van der Waals surface area contributed by atoms with Gasteiger partial charge in [0.25, 0.3) is 0 Å². The Morgan fingerprint density at radius 1 is 1.10 bits per heavy atom. The van der Waals surface area contributed by atoms with E-state index in [9.17, 15) is 39.9 Å². The van der Waals surface area contributed by atoms with Crippen molar-refractivity contribution in [2.24, 2.45) is 22.7 Å². The highest BCUT2D eigenvalue weighted by Crippen LogP contribution is 2.67. The number of allylic oxidation sites excluding steroid dienone is 2. The topological polar surface area (TPSA) is 152 Å². The summed E-state index contributed by atoms with van der Waals surface area (Å²) in [6, 6.07) is 3.46. The number of rotatable bonds is 3. The van der Waals surface area contributed by atoms with Gasteiger partial charge in [-0.2, -0.15) is 0 Å². The zero-order valence-corrected chi connectivity index (χ0v) is 23.1. The predicted molar refractivity (Wildman–Crippen MR) is 143 cm³/mol. The summed E-state index contributed by atoms with van der Waals surface area (Å²) in [5.41, 5.74) is -5.34. The summed E-state index contributed by atoms with van der Waals surface area (Å²) in [5.74, 6) is -6.89. The highest BCUT2D eigenvalue weighted by Gasteiger charge is 2.76. The number of hydrogen-bond acceptors (Lipinski definition) is 8. The fourth-order valence-corrected chi connectivity index (χ4v) is 7.82. The highest BCUT2D eigenvalue weighted by atomic mass is 16.4. The van der Waals surface area contributed by atoms with E-state index in [2.05, 4.69) is 0 Å². The van der Waals surface area contributed by atoms with E-state index < -0.39 is 74.7 Å². The quantitative estimate of drug-likeness (QED) is 0.355. The van der Waals surface area contributed by atoms with Gasteiger partial charge in [0.05, 0.1) is 17.2 Å². The van der Waals surface area contributed by atoms with Gasteiger partial charge in [0.15, 0.2) is 17.2 Å². The van der Waals surface area contributed by atoms with Gasteiger partial charge >= 0.3 is 0 Å². The van der Waals surface area contributed by atoms with Crippen LogP contribution in [-0.4, -0.2) is 54.6 Å². The maximum Gasteiger partial charge on any atom is 0.209 e. The molecule has 1 fully saturated rings. The Bertz CT molecular complexity index is 1440. The first-order valence-corrected chi connectivity index (χ1v) is 13.5. The molecule has 4 aliphatic rings. The third-order valence-electron chi connectivity index (χ3n) is 10.2. The molecule has 0 amide bonds. The van der Waals surface area contributed by atoms with E-state index in [1.54, 1.807) is 39.8 Å². The minimum absolute atomic E-state index is 0.0524. The van der Waals surface area contributed by atoms with Crippen LogP contribution in [0.5, 0.6) is 5.75 Å². The van der Waals surface area contributed by atoms with Gasteiger partial charge in [-0.3, -0.25) is 14.4 Å². The number of aliphatic hydroxyl groups excluding tert-OH is 3. The number of hydrogen-bond donors (Lipinski definition) is 5. The van der Waals surface area contributed by atoms with Crippen molar-refractivity contribution in [1.29, 1.82) is 0 Å². The monoisotopic (exact) mass is 536 g/mol. The lowest BCUT2D eigenvalue weighted by Gasteiger charge is -2.63. The Kier molecular flexibility index (Phi) is 5.88. The second-order valence-corrected chi connectivity index (χ2v) is 12.4. The summed E-state index contributed by atoms with van der Waals surface area (Å²) >= 11 is 0. The number of phenols is 1. The average Bonchev–Trinajstić information content (AvgIpc) is 2.82. The van der Waals surface area contributed by atoms with Gasteiger partial charge in [0.2, 0.25) is 5.78 Å². The first-order chi connectivity index (χ1) is 18.1. The number of fused-ring (bicyclic) bond motifs is 3. The van der Waals surface area contributed by atoms with Gasteiger partial charge in [0.1, 0.15) is 22.8 Å². The van der Waals surface area contributed by atoms with Crippen LogP contribution in [0.2, 0.25) is 0 Å². The molecule has 1 saturated carbocycles. The molecule has 0 aliphatic heterocycles. The first-order valence-electron chi connectivity index (χ1n) is 13.5. The van der Waals surface area contributed by atoms with Crippen LogP contribution >= 0.6 is 0 Å². The molecule has 0 saturated heterocycles. The molecule has 8 heteroatoms. The van der Waals surface area contributed by atoms with E-state index in [0.717, 1.165) is 31.8 Å². The lowest BCUT2D eigenvalue weighted by Crippen LogP contribution is -2.73. The summed E-state index contributed by atoms with van der Waals surface area (Å²) in [5, 5.41) is 58.6. The lowest BCUT2D eigenvalue weighted by atomic mass is 9.41. The predicted octanol–water partition coefficient (Wildman–Crippen LogP) is 4.45. The number of Topliss-reactive ketones (excluding diaryl/α,β-unsaturated/α-hetero) is 3. The second kappa shape index (κ2) is 8.38. The van der Waals surface area contributed by atoms with E-state index >= 15 is 0 Å². The second-order valence-electron chi connectivity index (χ2n) is 12.4. The molecule has 5 N–H and O–H groups in total. The minimum Gasteiger partial charge on any atom is -0.511 e. The molecule has 0 spiro atoms. The number of phenolic OH excluding ortho intramolecular Hbond substituents is 1. The zero-order valence-electron chi connectivity index (χ0n) is 23.1. The smallest absolute Gasteiger partial charge is 0.209 e. The number of benzene rings is 1. The number of ketones is 3. The molecule has 1 aromatic rings. The Hall–Kier alpha value is -3.23. The summed E-state index contributed by atoms with van der Waals surface area (Å²) in [6.45, 7) is 9.25. The number of aromatic hydroxyl groups is 1. The summed E-state index contributed by atoms with van der Waals surface area (Å²) in [4.78, 5) is 40.5. The van der Waals surface area contributed by atoms with Crippen LogP contribution in [0.4, 0.5) is 0 Å². The van der Waals surface area contributed by atoms with Crippen molar-refractivity contribution < 1.29 is 39.9 Å². The molecule has 0 heterocycles. The van der Waals surface area contributed by atoms with Gasteiger partial charge in [-0.25, -0.2) is 0 Å². The van der Waals surface area contributed by atoms with Crippen LogP contribution in [0.15, 0.2) is 40.4 Å². The van der Waals surface area contributed by atoms with Gasteiger partial charge in [-0.1, -0.05) is 58.4 Å². The lowest BCUT2D eigenvalue weighted by molar-refractivity contribution is -0.211. The number of aliphatic hydroxyl groups is 4. The summed E-state index contributed by atoms with van der Waals surface area (Å²) in [6.07, 6.45) is 3.07. The molecule has 39 heavy (non-hydrogen) atoms. The molecular formula is C31H36O8. The van der Waals surface area contributed by atoms with Crippen LogP contribution in [-0.2, 0) is 9.59 Å². The molecule has 208 valence electrons. The van der Waals surface area contributed by atoms with Crippen molar-refractivity contribution in [2.45, 2.75) is 78.4 Å². The molecule has 4 aliphatic carbocycles. The maximum absolute atomic E-state index is 14.2. The fourth-order valence-electron chi connectivity index (χ4n) is 7.82. The standard InChI is InChI=1S/C31H36O8/c1-13(2)21-24(34)19(15(4)32)26(36)31(39)27(37)22-25(35)20-18(14(3)29(22,5)28(38)30(21,31)6)11-10-17(23(20)33)12-16-8-7-9-16/h10-14,21,28,33-34,37-39H,7-9H2,1-6H3/t14-,21?,28-,29+,30+,31+/m1/s1. The molecule has 1 unspecified atom stereocenters. The van der Waals surface area contributed by atoms with Crippen molar-refractivity contribution >= 4 is 23.4 Å². The Morgan fingerprint density at radius 2 is 1.72 bits per heavy atom. The minimum atomic E-state index is -2.88.